The molecule has 0 saturated carbocycles. The van der Waals surface area contributed by atoms with E-state index in [0.717, 1.165) is 25.8 Å². The first-order valence-electron chi connectivity index (χ1n) is 7.17. The van der Waals surface area contributed by atoms with Crippen molar-refractivity contribution in [3.8, 4) is 0 Å². The fourth-order valence-corrected chi connectivity index (χ4v) is 2.84. The van der Waals surface area contributed by atoms with Crippen LogP contribution in [0.15, 0.2) is 24.3 Å². The third-order valence-electron chi connectivity index (χ3n) is 3.95. The molecule has 0 spiro atoms. The molecule has 1 amide bonds. The predicted molar refractivity (Wildman–Crippen MR) is 77.9 cm³/mol. The number of benzene rings is 1. The quantitative estimate of drug-likeness (QED) is 0.906. The highest BCUT2D eigenvalue weighted by Crippen LogP contribution is 2.17. The number of amides is 1. The monoisotopic (exact) mass is 260 g/mol. The van der Waals surface area contributed by atoms with Crippen LogP contribution < -0.4 is 5.73 Å². The van der Waals surface area contributed by atoms with Gasteiger partial charge >= 0.3 is 0 Å². The third-order valence-corrected chi connectivity index (χ3v) is 3.95. The van der Waals surface area contributed by atoms with E-state index >= 15 is 0 Å². The van der Waals surface area contributed by atoms with Gasteiger partial charge in [-0.25, -0.2) is 0 Å². The normalized spacial score (nSPS) is 23.4. The molecule has 1 fully saturated rings. The first-order chi connectivity index (χ1) is 9.06. The summed E-state index contributed by atoms with van der Waals surface area (Å²) in [7, 11) is 0. The Bertz CT molecular complexity index is 444. The Morgan fingerprint density at radius 3 is 2.95 bits per heavy atom. The molecule has 3 heteroatoms. The van der Waals surface area contributed by atoms with Gasteiger partial charge in [-0.1, -0.05) is 29.8 Å². The fourth-order valence-electron chi connectivity index (χ4n) is 2.84. The summed E-state index contributed by atoms with van der Waals surface area (Å²) in [5, 5.41) is 0. The van der Waals surface area contributed by atoms with E-state index in [0.29, 0.717) is 6.42 Å². The number of aryl methyl sites for hydroxylation is 2. The summed E-state index contributed by atoms with van der Waals surface area (Å²) < 4.78 is 0. The molecule has 1 aromatic carbocycles. The van der Waals surface area contributed by atoms with Gasteiger partial charge < -0.3 is 10.6 Å². The molecule has 0 radical (unpaired) electrons. The zero-order valence-corrected chi connectivity index (χ0v) is 11.9. The van der Waals surface area contributed by atoms with Crippen LogP contribution in [-0.2, 0) is 11.2 Å². The lowest BCUT2D eigenvalue weighted by Gasteiger charge is -2.36. The summed E-state index contributed by atoms with van der Waals surface area (Å²) in [6, 6.07) is 8.93. The third kappa shape index (κ3) is 3.80. The Morgan fingerprint density at radius 1 is 1.47 bits per heavy atom. The van der Waals surface area contributed by atoms with Crippen molar-refractivity contribution in [1.82, 2.24) is 4.90 Å². The van der Waals surface area contributed by atoms with Gasteiger partial charge in [-0.3, -0.25) is 4.79 Å². The van der Waals surface area contributed by atoms with Gasteiger partial charge in [0.05, 0.1) is 0 Å². The van der Waals surface area contributed by atoms with Crippen LogP contribution in [0.4, 0.5) is 0 Å². The lowest BCUT2D eigenvalue weighted by atomic mass is 9.98. The van der Waals surface area contributed by atoms with Crippen molar-refractivity contribution in [3.63, 3.8) is 0 Å². The predicted octanol–water partition coefficient (Wildman–Crippen LogP) is 2.27. The van der Waals surface area contributed by atoms with Crippen molar-refractivity contribution in [2.24, 2.45) is 5.73 Å². The van der Waals surface area contributed by atoms with Crippen molar-refractivity contribution >= 4 is 5.91 Å². The summed E-state index contributed by atoms with van der Waals surface area (Å²) in [6.07, 6.45) is 3.29. The van der Waals surface area contributed by atoms with E-state index < -0.39 is 0 Å². The minimum absolute atomic E-state index is 0.260. The molecule has 2 rings (SSSR count). The maximum absolute atomic E-state index is 12.3. The number of carbonyl (C=O) groups is 1. The van der Waals surface area contributed by atoms with Crippen LogP contribution >= 0.6 is 0 Å². The van der Waals surface area contributed by atoms with E-state index in [1.54, 1.807) is 0 Å². The highest BCUT2D eigenvalue weighted by molar-refractivity contribution is 5.76. The molecular weight excluding hydrogens is 236 g/mol. The van der Waals surface area contributed by atoms with Crippen LogP contribution in [0.1, 0.15) is 37.3 Å². The van der Waals surface area contributed by atoms with Crippen molar-refractivity contribution in [2.45, 2.75) is 51.6 Å². The second-order valence-corrected chi connectivity index (χ2v) is 5.71. The minimum Gasteiger partial charge on any atom is -0.340 e. The molecule has 1 saturated heterocycles. The number of nitrogens with zero attached hydrogens (tertiary/aromatic N) is 1. The van der Waals surface area contributed by atoms with Gasteiger partial charge in [0.1, 0.15) is 0 Å². The number of hydrogen-bond acceptors (Lipinski definition) is 2. The Labute approximate surface area is 115 Å². The summed E-state index contributed by atoms with van der Waals surface area (Å²) in [5.41, 5.74) is 8.43. The maximum Gasteiger partial charge on any atom is 0.223 e. The standard InChI is InChI=1S/C16H24N2O/c1-12-4-3-5-14(10-12)6-7-16(19)18-9-8-15(17)11-13(18)2/h3-5,10,13,15H,6-9,11,17H2,1-2H3/t13-,15+/m1/s1. The molecule has 1 aliphatic heterocycles. The number of rotatable bonds is 3. The molecule has 2 atom stereocenters. The van der Waals surface area contributed by atoms with E-state index in [1.807, 2.05) is 4.90 Å². The average Bonchev–Trinajstić information content (AvgIpc) is 2.36. The Morgan fingerprint density at radius 2 is 2.26 bits per heavy atom. The van der Waals surface area contributed by atoms with E-state index in [4.69, 9.17) is 5.73 Å². The number of hydrogen-bond donors (Lipinski definition) is 1. The van der Waals surface area contributed by atoms with E-state index in [1.165, 1.54) is 11.1 Å². The van der Waals surface area contributed by atoms with E-state index in [2.05, 4.69) is 38.1 Å². The Kier molecular flexibility index (Phi) is 4.59. The van der Waals surface area contributed by atoms with Crippen LogP contribution in [0.5, 0.6) is 0 Å². The lowest BCUT2D eigenvalue weighted by Crippen LogP contribution is -2.48. The first-order valence-corrected chi connectivity index (χ1v) is 7.17. The molecule has 2 N–H and O–H groups in total. The Hall–Kier alpha value is -1.35. The minimum atomic E-state index is 0.260. The molecule has 1 aliphatic rings. The maximum atomic E-state index is 12.3. The summed E-state index contributed by atoms with van der Waals surface area (Å²) in [5.74, 6) is 0.265. The molecule has 0 unspecified atom stereocenters. The summed E-state index contributed by atoms with van der Waals surface area (Å²) in [4.78, 5) is 14.3. The zero-order chi connectivity index (χ0) is 13.8. The van der Waals surface area contributed by atoms with Crippen molar-refractivity contribution < 1.29 is 4.79 Å². The molecule has 104 valence electrons. The topological polar surface area (TPSA) is 46.3 Å². The van der Waals surface area contributed by atoms with Gasteiger partial charge in [-0.2, -0.15) is 0 Å². The van der Waals surface area contributed by atoms with Gasteiger partial charge in [0, 0.05) is 25.0 Å². The number of nitrogens with two attached hydrogens (primary N) is 1. The molecule has 0 aromatic heterocycles. The first kappa shape index (κ1) is 14.1. The second-order valence-electron chi connectivity index (χ2n) is 5.71. The smallest absolute Gasteiger partial charge is 0.223 e. The highest BCUT2D eigenvalue weighted by atomic mass is 16.2. The molecule has 1 heterocycles. The number of carbonyl (C=O) groups excluding carboxylic acids is 1. The van der Waals surface area contributed by atoms with Crippen LogP contribution in [0.25, 0.3) is 0 Å². The molecule has 19 heavy (non-hydrogen) atoms. The molecule has 0 bridgehead atoms. The molecule has 3 nitrogen and oxygen atoms in total. The van der Waals surface area contributed by atoms with Gasteiger partial charge in [-0.15, -0.1) is 0 Å². The number of likely N-dealkylation sites (tertiary alicyclic amines) is 1. The highest BCUT2D eigenvalue weighted by Gasteiger charge is 2.26. The van der Waals surface area contributed by atoms with Crippen molar-refractivity contribution in [2.75, 3.05) is 6.54 Å². The van der Waals surface area contributed by atoms with Gasteiger partial charge in [0.25, 0.3) is 0 Å². The van der Waals surface area contributed by atoms with E-state index in [-0.39, 0.29) is 18.0 Å². The average molecular weight is 260 g/mol. The van der Waals surface area contributed by atoms with Gasteiger partial charge in [0.2, 0.25) is 5.91 Å². The summed E-state index contributed by atoms with van der Waals surface area (Å²) in [6.45, 7) is 5.00. The van der Waals surface area contributed by atoms with Gasteiger partial charge in [-0.05, 0) is 38.7 Å². The molecular formula is C16H24N2O. The SMILES string of the molecule is Cc1cccc(CCC(=O)N2CC[C@H](N)C[C@H]2C)c1. The number of piperidine rings is 1. The van der Waals surface area contributed by atoms with Gasteiger partial charge in [0.15, 0.2) is 0 Å². The van der Waals surface area contributed by atoms with Crippen molar-refractivity contribution in [1.29, 1.82) is 0 Å². The van der Waals surface area contributed by atoms with Crippen LogP contribution in [0.3, 0.4) is 0 Å². The van der Waals surface area contributed by atoms with Crippen LogP contribution in [0.2, 0.25) is 0 Å². The van der Waals surface area contributed by atoms with E-state index in [9.17, 15) is 4.79 Å². The molecule has 0 aliphatic carbocycles. The second kappa shape index (κ2) is 6.20. The van der Waals surface area contributed by atoms with Crippen molar-refractivity contribution in [3.05, 3.63) is 35.4 Å². The molecule has 1 aromatic rings. The van der Waals surface area contributed by atoms with Crippen LogP contribution in [-0.4, -0.2) is 29.4 Å². The lowest BCUT2D eigenvalue weighted by molar-refractivity contribution is -0.134. The largest absolute Gasteiger partial charge is 0.340 e. The Balaban J connectivity index is 1.87. The summed E-state index contributed by atoms with van der Waals surface area (Å²) >= 11 is 0. The zero-order valence-electron chi connectivity index (χ0n) is 11.9. The fraction of sp³-hybridized carbons (Fsp3) is 0.562. The van der Waals surface area contributed by atoms with Crippen LogP contribution in [0, 0.1) is 6.92 Å².